The van der Waals surface area contributed by atoms with Gasteiger partial charge in [-0.05, 0) is 12.1 Å². The van der Waals surface area contributed by atoms with Gasteiger partial charge in [0.2, 0.25) is 5.95 Å². The number of ether oxygens (including phenoxy) is 2. The summed E-state index contributed by atoms with van der Waals surface area (Å²) in [6.07, 6.45) is 0. The second kappa shape index (κ2) is 5.13. The highest BCUT2D eigenvalue weighted by Crippen LogP contribution is 2.27. The lowest BCUT2D eigenvalue weighted by atomic mass is 10.3. The average molecular weight is 269 g/mol. The van der Waals surface area contributed by atoms with Gasteiger partial charge in [0, 0.05) is 23.9 Å². The number of nitrogens with one attached hydrogen (secondary N) is 2. The Morgan fingerprint density at radius 1 is 1.00 bits per heavy atom. The number of benzene rings is 2. The third kappa shape index (κ3) is 2.38. The zero-order valence-electron chi connectivity index (χ0n) is 11.3. The highest BCUT2D eigenvalue weighted by atomic mass is 16.5. The Balaban J connectivity index is 1.93. The SMILES string of the molecule is COc1cc(Nc2nc3ccccc3[nH]2)cc(OC)c1. The van der Waals surface area contributed by atoms with E-state index in [4.69, 9.17) is 9.47 Å². The predicted octanol–water partition coefficient (Wildman–Crippen LogP) is 3.32. The maximum Gasteiger partial charge on any atom is 0.205 e. The van der Waals surface area contributed by atoms with Crippen LogP contribution in [0.5, 0.6) is 11.5 Å². The largest absolute Gasteiger partial charge is 0.497 e. The minimum absolute atomic E-state index is 0.682. The predicted molar refractivity (Wildman–Crippen MR) is 78.9 cm³/mol. The fraction of sp³-hybridized carbons (Fsp3) is 0.133. The van der Waals surface area contributed by atoms with Crippen LogP contribution in [0.15, 0.2) is 42.5 Å². The van der Waals surface area contributed by atoms with Crippen molar-refractivity contribution >= 4 is 22.7 Å². The van der Waals surface area contributed by atoms with Gasteiger partial charge in [0.1, 0.15) is 11.5 Å². The topological polar surface area (TPSA) is 59.2 Å². The van der Waals surface area contributed by atoms with Crippen molar-refractivity contribution in [1.82, 2.24) is 9.97 Å². The molecular weight excluding hydrogens is 254 g/mol. The lowest BCUT2D eigenvalue weighted by Crippen LogP contribution is -1.94. The first kappa shape index (κ1) is 12.3. The second-order valence-corrected chi connectivity index (χ2v) is 4.33. The Kier molecular flexibility index (Phi) is 3.16. The van der Waals surface area contributed by atoms with Gasteiger partial charge in [-0.15, -0.1) is 0 Å². The van der Waals surface area contributed by atoms with Crippen LogP contribution in [-0.2, 0) is 0 Å². The summed E-state index contributed by atoms with van der Waals surface area (Å²) in [6.45, 7) is 0. The van der Waals surface area contributed by atoms with Crippen molar-refractivity contribution in [2.24, 2.45) is 0 Å². The van der Waals surface area contributed by atoms with Gasteiger partial charge in [-0.2, -0.15) is 0 Å². The van der Waals surface area contributed by atoms with Crippen LogP contribution in [0.25, 0.3) is 11.0 Å². The molecule has 0 spiro atoms. The summed E-state index contributed by atoms with van der Waals surface area (Å²) in [5.74, 6) is 2.13. The minimum Gasteiger partial charge on any atom is -0.497 e. The minimum atomic E-state index is 0.682. The van der Waals surface area contributed by atoms with Crippen molar-refractivity contribution in [2.45, 2.75) is 0 Å². The van der Waals surface area contributed by atoms with E-state index in [0.29, 0.717) is 5.95 Å². The van der Waals surface area contributed by atoms with Crippen molar-refractivity contribution in [2.75, 3.05) is 19.5 Å². The maximum absolute atomic E-state index is 5.24. The summed E-state index contributed by atoms with van der Waals surface area (Å²) in [4.78, 5) is 7.69. The fourth-order valence-corrected chi connectivity index (χ4v) is 2.03. The molecule has 0 radical (unpaired) electrons. The molecule has 0 bridgehead atoms. The second-order valence-electron chi connectivity index (χ2n) is 4.33. The van der Waals surface area contributed by atoms with Crippen LogP contribution in [-0.4, -0.2) is 24.2 Å². The number of hydrogen-bond donors (Lipinski definition) is 2. The molecule has 0 saturated heterocycles. The summed E-state index contributed by atoms with van der Waals surface area (Å²) in [5, 5.41) is 3.22. The number of nitrogens with zero attached hydrogens (tertiary/aromatic N) is 1. The number of aromatic amines is 1. The molecule has 0 fully saturated rings. The van der Waals surface area contributed by atoms with E-state index in [1.54, 1.807) is 14.2 Å². The summed E-state index contributed by atoms with van der Waals surface area (Å²) in [6, 6.07) is 13.5. The van der Waals surface area contributed by atoms with Gasteiger partial charge >= 0.3 is 0 Å². The van der Waals surface area contributed by atoms with E-state index in [1.165, 1.54) is 0 Å². The van der Waals surface area contributed by atoms with Gasteiger partial charge in [-0.1, -0.05) is 12.1 Å². The maximum atomic E-state index is 5.24. The molecule has 0 unspecified atom stereocenters. The molecule has 0 saturated carbocycles. The van der Waals surface area contributed by atoms with Crippen molar-refractivity contribution < 1.29 is 9.47 Å². The zero-order valence-corrected chi connectivity index (χ0v) is 11.3. The number of rotatable bonds is 4. The van der Waals surface area contributed by atoms with E-state index in [9.17, 15) is 0 Å². The van der Waals surface area contributed by atoms with Crippen molar-refractivity contribution in [3.05, 3.63) is 42.5 Å². The van der Waals surface area contributed by atoms with Gasteiger partial charge < -0.3 is 19.8 Å². The van der Waals surface area contributed by atoms with Crippen LogP contribution in [0.4, 0.5) is 11.6 Å². The molecule has 0 aliphatic rings. The Morgan fingerprint density at radius 2 is 1.70 bits per heavy atom. The molecule has 20 heavy (non-hydrogen) atoms. The van der Waals surface area contributed by atoms with Crippen LogP contribution >= 0.6 is 0 Å². The summed E-state index contributed by atoms with van der Waals surface area (Å²) in [7, 11) is 3.25. The van der Waals surface area contributed by atoms with Gasteiger partial charge in [0.05, 0.1) is 25.3 Å². The van der Waals surface area contributed by atoms with E-state index >= 15 is 0 Å². The van der Waals surface area contributed by atoms with Crippen LogP contribution in [0.2, 0.25) is 0 Å². The highest BCUT2D eigenvalue weighted by molar-refractivity contribution is 5.78. The molecule has 1 aromatic heterocycles. The molecule has 0 atom stereocenters. The molecular formula is C15H15N3O2. The highest BCUT2D eigenvalue weighted by Gasteiger charge is 2.05. The van der Waals surface area contributed by atoms with Crippen LogP contribution in [0.3, 0.4) is 0 Å². The van der Waals surface area contributed by atoms with Crippen LogP contribution in [0, 0.1) is 0 Å². The van der Waals surface area contributed by atoms with Gasteiger partial charge in [0.15, 0.2) is 0 Å². The molecule has 5 heteroatoms. The molecule has 3 aromatic rings. The Bertz CT molecular complexity index is 682. The van der Waals surface area contributed by atoms with E-state index in [2.05, 4.69) is 15.3 Å². The lowest BCUT2D eigenvalue weighted by molar-refractivity contribution is 0.395. The lowest BCUT2D eigenvalue weighted by Gasteiger charge is -2.08. The van der Waals surface area contributed by atoms with E-state index in [0.717, 1.165) is 28.2 Å². The molecule has 2 aromatic carbocycles. The summed E-state index contributed by atoms with van der Waals surface area (Å²) in [5.41, 5.74) is 2.76. The number of para-hydroxylation sites is 2. The van der Waals surface area contributed by atoms with Gasteiger partial charge in [-0.25, -0.2) is 4.98 Å². The molecule has 0 aliphatic carbocycles. The number of fused-ring (bicyclic) bond motifs is 1. The molecule has 0 amide bonds. The number of aromatic nitrogens is 2. The Hall–Kier alpha value is -2.69. The normalized spacial score (nSPS) is 10.5. The fourth-order valence-electron chi connectivity index (χ4n) is 2.03. The van der Waals surface area contributed by atoms with Gasteiger partial charge in [-0.3, -0.25) is 0 Å². The van der Waals surface area contributed by atoms with Gasteiger partial charge in [0.25, 0.3) is 0 Å². The first-order valence-corrected chi connectivity index (χ1v) is 6.23. The van der Waals surface area contributed by atoms with Crippen molar-refractivity contribution in [3.8, 4) is 11.5 Å². The van der Waals surface area contributed by atoms with E-state index in [1.807, 2.05) is 42.5 Å². The van der Waals surface area contributed by atoms with Crippen molar-refractivity contribution in [1.29, 1.82) is 0 Å². The smallest absolute Gasteiger partial charge is 0.205 e. The molecule has 102 valence electrons. The molecule has 1 heterocycles. The zero-order chi connectivity index (χ0) is 13.9. The molecule has 2 N–H and O–H groups in total. The molecule has 3 rings (SSSR count). The number of hydrogen-bond acceptors (Lipinski definition) is 4. The quantitative estimate of drug-likeness (QED) is 0.762. The Labute approximate surface area is 116 Å². The Morgan fingerprint density at radius 3 is 2.35 bits per heavy atom. The molecule has 5 nitrogen and oxygen atoms in total. The number of H-pyrrole nitrogens is 1. The molecule has 0 aliphatic heterocycles. The van der Waals surface area contributed by atoms with Crippen LogP contribution in [0.1, 0.15) is 0 Å². The van der Waals surface area contributed by atoms with Crippen molar-refractivity contribution in [3.63, 3.8) is 0 Å². The number of imidazole rings is 1. The third-order valence-corrected chi connectivity index (χ3v) is 3.00. The third-order valence-electron chi connectivity index (χ3n) is 3.00. The monoisotopic (exact) mass is 269 g/mol. The number of anilines is 2. The summed E-state index contributed by atoms with van der Waals surface area (Å²) >= 11 is 0. The first-order valence-electron chi connectivity index (χ1n) is 6.23. The standard InChI is InChI=1S/C15H15N3O2/c1-19-11-7-10(8-12(9-11)20-2)16-15-17-13-5-3-4-6-14(13)18-15/h3-9H,1-2H3,(H2,16,17,18). The van der Waals surface area contributed by atoms with E-state index in [-0.39, 0.29) is 0 Å². The number of methoxy groups -OCH3 is 2. The average Bonchev–Trinajstić information content (AvgIpc) is 2.88. The van der Waals surface area contributed by atoms with E-state index < -0.39 is 0 Å². The summed E-state index contributed by atoms with van der Waals surface area (Å²) < 4.78 is 10.5. The van der Waals surface area contributed by atoms with Crippen LogP contribution < -0.4 is 14.8 Å². The first-order chi connectivity index (χ1) is 9.78.